The predicted molar refractivity (Wildman–Crippen MR) is 185 cm³/mol. The van der Waals surface area contributed by atoms with Gasteiger partial charge in [0, 0.05) is 40.5 Å². The van der Waals surface area contributed by atoms with E-state index in [1.54, 1.807) is 0 Å². The number of carbonyl (C=O) groups excluding carboxylic acids is 2. The van der Waals surface area contributed by atoms with E-state index in [0.29, 0.717) is 34.3 Å². The molecular weight excluding hydrogens is 588 g/mol. The molecule has 0 saturated heterocycles. The van der Waals surface area contributed by atoms with E-state index in [4.69, 9.17) is 4.99 Å². The lowest BCUT2D eigenvalue weighted by molar-refractivity contribution is -0.136. The van der Waals surface area contributed by atoms with Gasteiger partial charge in [-0.3, -0.25) is 14.6 Å². The number of aliphatic carboxylic acids is 1. The maximum absolute atomic E-state index is 14.1. The number of allylic oxidation sites excluding steroid dienone is 1. The highest BCUT2D eigenvalue weighted by Crippen LogP contribution is 2.40. The summed E-state index contributed by atoms with van der Waals surface area (Å²) in [5.74, 6) is -1.42. The van der Waals surface area contributed by atoms with Gasteiger partial charge >= 0.3 is 5.97 Å². The van der Waals surface area contributed by atoms with Crippen molar-refractivity contribution in [2.75, 3.05) is 0 Å². The van der Waals surface area contributed by atoms with E-state index in [0.717, 1.165) is 60.8 Å². The number of fused-ring (bicyclic) bond motifs is 8. The fourth-order valence-corrected chi connectivity index (χ4v) is 7.61. The van der Waals surface area contributed by atoms with Gasteiger partial charge in [-0.1, -0.05) is 77.2 Å². The minimum atomic E-state index is -0.962. The molecule has 0 amide bonds. The molecule has 4 N–H and O–H groups in total. The van der Waals surface area contributed by atoms with Crippen LogP contribution in [0.5, 0.6) is 0 Å². The van der Waals surface area contributed by atoms with E-state index >= 15 is 0 Å². The average Bonchev–Trinajstić information content (AvgIpc) is 3.87. The number of hydrogen-bond acceptors (Lipinski definition) is 4. The Bertz CT molecular complexity index is 1780. The highest BCUT2D eigenvalue weighted by molar-refractivity contribution is 6.19. The average molecular weight is 637 g/mol. The monoisotopic (exact) mass is 636 g/mol. The van der Waals surface area contributed by atoms with Gasteiger partial charge in [0.15, 0.2) is 5.78 Å². The number of unbranched alkanes of at least 4 members (excludes halogenated alkanes) is 10. The minimum absolute atomic E-state index is 0.0408. The lowest BCUT2D eigenvalue weighted by Gasteiger charge is -2.11. The summed E-state index contributed by atoms with van der Waals surface area (Å²) in [7, 11) is 0. The third-order valence-corrected chi connectivity index (χ3v) is 10.1. The topological polar surface area (TPSA) is 131 Å². The van der Waals surface area contributed by atoms with Crippen molar-refractivity contribution in [2.45, 2.75) is 121 Å². The van der Waals surface area contributed by atoms with Crippen LogP contribution in [-0.4, -0.2) is 49.9 Å². The molecule has 2 aliphatic heterocycles. The number of aromatic nitrogens is 3. The van der Waals surface area contributed by atoms with E-state index in [9.17, 15) is 19.5 Å². The maximum Gasteiger partial charge on any atom is 0.307 e. The van der Waals surface area contributed by atoms with Crippen LogP contribution < -0.4 is 10.7 Å². The third kappa shape index (κ3) is 7.53. The molecule has 0 spiro atoms. The quantitative estimate of drug-likeness (QED) is 0.105. The second-order valence-corrected chi connectivity index (χ2v) is 13.5. The van der Waals surface area contributed by atoms with Gasteiger partial charge in [-0.05, 0) is 66.8 Å². The Kier molecular flexibility index (Phi) is 10.5. The van der Waals surface area contributed by atoms with Gasteiger partial charge in [0.05, 0.1) is 35.0 Å². The van der Waals surface area contributed by atoms with Crippen LogP contribution in [0.3, 0.4) is 0 Å². The molecule has 1 saturated carbocycles. The number of rotatable bonds is 16. The highest BCUT2D eigenvalue weighted by atomic mass is 16.4. The van der Waals surface area contributed by atoms with Gasteiger partial charge in [-0.15, -0.1) is 0 Å². The van der Waals surface area contributed by atoms with Gasteiger partial charge in [-0.25, -0.2) is 0 Å². The van der Waals surface area contributed by atoms with Gasteiger partial charge in [0.1, 0.15) is 6.29 Å². The number of hydrogen-bond donors (Lipinski definition) is 4. The first kappa shape index (κ1) is 32.7. The number of carboxylic acids is 1. The summed E-state index contributed by atoms with van der Waals surface area (Å²) in [6.45, 7) is 2.24. The summed E-state index contributed by atoms with van der Waals surface area (Å²) < 4.78 is 0. The summed E-state index contributed by atoms with van der Waals surface area (Å²) in [5, 5.41) is 11.1. The smallest absolute Gasteiger partial charge is 0.307 e. The van der Waals surface area contributed by atoms with Crippen molar-refractivity contribution in [3.63, 3.8) is 0 Å². The molecule has 5 heterocycles. The molecule has 3 atom stereocenters. The van der Waals surface area contributed by atoms with E-state index in [1.807, 2.05) is 30.3 Å². The Morgan fingerprint density at radius 1 is 0.872 bits per heavy atom. The van der Waals surface area contributed by atoms with Crippen molar-refractivity contribution in [3.05, 3.63) is 81.0 Å². The lowest BCUT2D eigenvalue weighted by Crippen LogP contribution is -2.23. The van der Waals surface area contributed by atoms with Crippen LogP contribution >= 0.6 is 0 Å². The lowest BCUT2D eigenvalue weighted by atomic mass is 9.99. The Labute approximate surface area is 276 Å². The fourth-order valence-electron chi connectivity index (χ4n) is 7.61. The van der Waals surface area contributed by atoms with Crippen molar-refractivity contribution < 1.29 is 19.5 Å². The molecule has 0 aromatic carbocycles. The fraction of sp³-hybridized carbons (Fsp3) is 0.487. The van der Waals surface area contributed by atoms with Gasteiger partial charge < -0.3 is 24.9 Å². The number of aldehydes is 1. The summed E-state index contributed by atoms with van der Waals surface area (Å²) in [5.41, 5.74) is 6.42. The second kappa shape index (κ2) is 15.1. The molecule has 8 nitrogen and oxygen atoms in total. The van der Waals surface area contributed by atoms with Crippen molar-refractivity contribution in [3.8, 4) is 0 Å². The van der Waals surface area contributed by atoms with Crippen LogP contribution in [0.1, 0.15) is 137 Å². The predicted octanol–water partition coefficient (Wildman–Crippen LogP) is 6.52. The van der Waals surface area contributed by atoms with Crippen LogP contribution in [0.2, 0.25) is 0 Å². The Balaban J connectivity index is 1.30. The van der Waals surface area contributed by atoms with Crippen molar-refractivity contribution in [2.24, 2.45) is 4.99 Å². The summed E-state index contributed by atoms with van der Waals surface area (Å²) >= 11 is 0. The van der Waals surface area contributed by atoms with E-state index in [-0.39, 0.29) is 24.2 Å². The second-order valence-electron chi connectivity index (χ2n) is 13.5. The SMILES string of the molecule is CCCCCCCCCCCCCC(=O)C1=c2[nH]c(cc2CC(=O)O)=CC2C=C3CCC(C3=N2)c2ccc([nH]2)C(C=O)c2ccc1[nH]2. The number of carbonyl (C=O) groups is 3. The molecule has 1 aliphatic carbocycles. The van der Waals surface area contributed by atoms with Crippen LogP contribution in [0.15, 0.2) is 47.0 Å². The zero-order valence-corrected chi connectivity index (χ0v) is 27.6. The van der Waals surface area contributed by atoms with Crippen LogP contribution in [0.4, 0.5) is 0 Å². The number of Topliss-reactive ketones (excluding diaryl/α,β-unsaturated/α-hetero) is 1. The van der Waals surface area contributed by atoms with E-state index < -0.39 is 11.9 Å². The first-order valence-corrected chi connectivity index (χ1v) is 17.8. The Hall–Kier alpha value is -4.20. The highest BCUT2D eigenvalue weighted by Gasteiger charge is 2.34. The molecule has 8 heteroatoms. The van der Waals surface area contributed by atoms with Crippen molar-refractivity contribution in [1.82, 2.24) is 15.0 Å². The van der Waals surface area contributed by atoms with Crippen molar-refractivity contribution >= 4 is 35.4 Å². The number of ketones is 1. The largest absolute Gasteiger partial charge is 0.481 e. The Morgan fingerprint density at radius 2 is 1.55 bits per heavy atom. The normalized spacial score (nSPS) is 19.8. The van der Waals surface area contributed by atoms with Crippen molar-refractivity contribution in [1.29, 1.82) is 0 Å². The van der Waals surface area contributed by atoms with Gasteiger partial charge in [0.2, 0.25) is 0 Å². The summed E-state index contributed by atoms with van der Waals surface area (Å²) in [6.07, 6.45) is 20.3. The number of aromatic amines is 3. The molecule has 3 aliphatic rings. The van der Waals surface area contributed by atoms with Crippen LogP contribution in [0.25, 0.3) is 11.6 Å². The molecule has 0 radical (unpaired) electrons. The third-order valence-electron chi connectivity index (χ3n) is 10.1. The summed E-state index contributed by atoms with van der Waals surface area (Å²) in [4.78, 5) is 53.9. The van der Waals surface area contributed by atoms with Gasteiger partial charge in [-0.2, -0.15) is 0 Å². The molecule has 6 rings (SSSR count). The molecule has 8 bridgehead atoms. The maximum atomic E-state index is 14.1. The molecule has 1 fully saturated rings. The molecule has 3 aromatic heterocycles. The first-order valence-electron chi connectivity index (χ1n) is 17.8. The zero-order chi connectivity index (χ0) is 32.8. The molecule has 3 aromatic rings. The minimum Gasteiger partial charge on any atom is -0.481 e. The van der Waals surface area contributed by atoms with Gasteiger partial charge in [0.25, 0.3) is 0 Å². The first-order chi connectivity index (χ1) is 22.9. The number of aliphatic imine (C=N–C) groups is 1. The standard InChI is InChI=1S/C39H48N4O4/c1-2-3-4-5-6-7-8-9-10-11-12-13-35(45)37-34-19-18-33(43-34)30(24-44)32-17-16-31(42-32)29-15-14-25-20-27(40-38(25)29)23-28-21-26(22-36(46)47)39(37)41-28/h16-21,23-24,27,29-30,41-43H,2-15,22H2,1H3,(H,46,47). The molecule has 47 heavy (non-hydrogen) atoms. The van der Waals surface area contributed by atoms with E-state index in [1.165, 1.54) is 56.9 Å². The number of nitrogens with one attached hydrogen (secondary N) is 3. The molecular formula is C39H48N4O4. The van der Waals surface area contributed by atoms with Crippen LogP contribution in [-0.2, 0) is 20.8 Å². The Morgan fingerprint density at radius 3 is 2.28 bits per heavy atom. The molecule has 3 unspecified atom stereocenters. The van der Waals surface area contributed by atoms with Crippen LogP contribution in [0, 0.1) is 0 Å². The van der Waals surface area contributed by atoms with E-state index in [2.05, 4.69) is 34.0 Å². The summed E-state index contributed by atoms with van der Waals surface area (Å²) in [6, 6.07) is 9.40. The molecule has 248 valence electrons. The number of carboxylic acid groups (broad SMARTS) is 1. The number of H-pyrrole nitrogens is 3. The zero-order valence-electron chi connectivity index (χ0n) is 27.6. The number of nitrogens with zero attached hydrogens (tertiary/aromatic N) is 1.